The van der Waals surface area contributed by atoms with Crippen molar-refractivity contribution in [2.75, 3.05) is 0 Å². The molecule has 0 saturated heterocycles. The molecule has 1 aromatic heterocycles. The van der Waals surface area contributed by atoms with Crippen LogP contribution in [0.2, 0.25) is 0 Å². The van der Waals surface area contributed by atoms with Gasteiger partial charge in [-0.05, 0) is 22.9 Å². The van der Waals surface area contributed by atoms with Crippen molar-refractivity contribution in [1.29, 1.82) is 0 Å². The Balaban J connectivity index is 2.39. The van der Waals surface area contributed by atoms with Crippen LogP contribution in [0, 0.1) is 0 Å². The first kappa shape index (κ1) is 10.6. The fourth-order valence-electron chi connectivity index (χ4n) is 2.22. The molecule has 0 saturated carbocycles. The number of hydrogen-bond acceptors (Lipinski definition) is 1. The molecule has 2 aromatic carbocycles. The molecule has 0 bridgehead atoms. The molecular formula is C15H11NO2. The molecule has 18 heavy (non-hydrogen) atoms. The third-order valence-corrected chi connectivity index (χ3v) is 3.03. The summed E-state index contributed by atoms with van der Waals surface area (Å²) in [6.07, 6.45) is 1.79. The molecule has 3 rings (SSSR count). The van der Waals surface area contributed by atoms with Crippen molar-refractivity contribution in [2.45, 2.75) is 0 Å². The summed E-state index contributed by atoms with van der Waals surface area (Å²) in [6, 6.07) is 15.0. The van der Waals surface area contributed by atoms with Gasteiger partial charge in [-0.15, -0.1) is 0 Å². The number of hydrogen-bond donors (Lipinski definition) is 2. The monoisotopic (exact) mass is 237 g/mol. The maximum atomic E-state index is 11.5. The number of aromatic amines is 1. The molecule has 3 nitrogen and oxygen atoms in total. The number of aromatic carboxylic acids is 1. The Labute approximate surface area is 104 Å². The second kappa shape index (κ2) is 4.04. The van der Waals surface area contributed by atoms with Gasteiger partial charge >= 0.3 is 5.97 Å². The molecule has 0 aliphatic rings. The lowest BCUT2D eigenvalue weighted by Crippen LogP contribution is -2.01. The van der Waals surface area contributed by atoms with E-state index in [1.165, 1.54) is 0 Å². The second-order valence-electron chi connectivity index (χ2n) is 4.10. The SMILES string of the molecule is O=C(O)c1c(-c2ccc[nH]2)ccc2ccccc12. The summed E-state index contributed by atoms with van der Waals surface area (Å²) in [7, 11) is 0. The molecular weight excluding hydrogens is 226 g/mol. The van der Waals surface area contributed by atoms with E-state index in [9.17, 15) is 9.90 Å². The quantitative estimate of drug-likeness (QED) is 0.716. The van der Waals surface area contributed by atoms with Crippen LogP contribution in [0.3, 0.4) is 0 Å². The van der Waals surface area contributed by atoms with Gasteiger partial charge in [0.25, 0.3) is 0 Å². The summed E-state index contributed by atoms with van der Waals surface area (Å²) in [6.45, 7) is 0. The topological polar surface area (TPSA) is 53.1 Å². The summed E-state index contributed by atoms with van der Waals surface area (Å²) >= 11 is 0. The van der Waals surface area contributed by atoms with Crippen molar-refractivity contribution in [1.82, 2.24) is 4.98 Å². The molecule has 0 amide bonds. The zero-order chi connectivity index (χ0) is 12.5. The molecule has 1 heterocycles. The highest BCUT2D eigenvalue weighted by Gasteiger charge is 2.15. The van der Waals surface area contributed by atoms with Crippen LogP contribution in [0.1, 0.15) is 10.4 Å². The zero-order valence-electron chi connectivity index (χ0n) is 9.55. The molecule has 3 aromatic rings. The fraction of sp³-hybridized carbons (Fsp3) is 0. The summed E-state index contributed by atoms with van der Waals surface area (Å²) < 4.78 is 0. The van der Waals surface area contributed by atoms with Crippen molar-refractivity contribution >= 4 is 16.7 Å². The highest BCUT2D eigenvalue weighted by atomic mass is 16.4. The van der Waals surface area contributed by atoms with E-state index in [0.29, 0.717) is 11.1 Å². The van der Waals surface area contributed by atoms with Crippen molar-refractivity contribution in [2.24, 2.45) is 0 Å². The third kappa shape index (κ3) is 1.57. The number of fused-ring (bicyclic) bond motifs is 1. The minimum absolute atomic E-state index is 0.343. The van der Waals surface area contributed by atoms with Crippen molar-refractivity contribution < 1.29 is 9.90 Å². The van der Waals surface area contributed by atoms with Crippen LogP contribution in [0.15, 0.2) is 54.7 Å². The van der Waals surface area contributed by atoms with E-state index in [1.807, 2.05) is 48.5 Å². The number of benzene rings is 2. The fourth-order valence-corrected chi connectivity index (χ4v) is 2.22. The summed E-state index contributed by atoms with van der Waals surface area (Å²) in [5, 5.41) is 11.1. The Kier molecular flexibility index (Phi) is 2.38. The number of aromatic nitrogens is 1. The van der Waals surface area contributed by atoms with Gasteiger partial charge in [0.05, 0.1) is 5.56 Å². The normalized spacial score (nSPS) is 10.7. The maximum Gasteiger partial charge on any atom is 0.337 e. The lowest BCUT2D eigenvalue weighted by molar-refractivity contribution is 0.0700. The van der Waals surface area contributed by atoms with E-state index in [1.54, 1.807) is 6.20 Å². The van der Waals surface area contributed by atoms with E-state index in [-0.39, 0.29) is 0 Å². The molecule has 0 spiro atoms. The molecule has 0 aliphatic carbocycles. The van der Waals surface area contributed by atoms with Gasteiger partial charge in [0, 0.05) is 17.5 Å². The van der Waals surface area contributed by atoms with E-state index in [0.717, 1.165) is 16.5 Å². The summed E-state index contributed by atoms with van der Waals surface area (Å²) in [5.74, 6) is -0.906. The number of carbonyl (C=O) groups is 1. The molecule has 0 radical (unpaired) electrons. The van der Waals surface area contributed by atoms with E-state index < -0.39 is 5.97 Å². The first-order valence-electron chi connectivity index (χ1n) is 5.66. The Morgan fingerprint density at radius 2 is 1.83 bits per heavy atom. The third-order valence-electron chi connectivity index (χ3n) is 3.03. The van der Waals surface area contributed by atoms with Crippen molar-refractivity contribution in [3.8, 4) is 11.3 Å². The molecule has 0 atom stereocenters. The van der Waals surface area contributed by atoms with Gasteiger partial charge in [-0.1, -0.05) is 36.4 Å². The van der Waals surface area contributed by atoms with Crippen LogP contribution in [0.5, 0.6) is 0 Å². The number of nitrogens with one attached hydrogen (secondary N) is 1. The molecule has 0 fully saturated rings. The summed E-state index contributed by atoms with van der Waals surface area (Å²) in [4.78, 5) is 14.6. The van der Waals surface area contributed by atoms with Gasteiger partial charge in [0.1, 0.15) is 0 Å². The zero-order valence-corrected chi connectivity index (χ0v) is 9.55. The predicted molar refractivity (Wildman–Crippen MR) is 70.7 cm³/mol. The second-order valence-corrected chi connectivity index (χ2v) is 4.10. The standard InChI is InChI=1S/C15H11NO2/c17-15(18)14-11-5-2-1-4-10(11)7-8-12(14)13-6-3-9-16-13/h1-9,16H,(H,17,18). The number of H-pyrrole nitrogens is 1. The summed E-state index contributed by atoms with van der Waals surface area (Å²) in [5.41, 5.74) is 1.87. The average molecular weight is 237 g/mol. The van der Waals surface area contributed by atoms with Gasteiger partial charge in [0.15, 0.2) is 0 Å². The van der Waals surface area contributed by atoms with Crippen molar-refractivity contribution in [3.63, 3.8) is 0 Å². The van der Waals surface area contributed by atoms with Crippen LogP contribution < -0.4 is 0 Å². The van der Waals surface area contributed by atoms with Crippen LogP contribution in [0.4, 0.5) is 0 Å². The van der Waals surface area contributed by atoms with Crippen LogP contribution in [-0.4, -0.2) is 16.1 Å². The van der Waals surface area contributed by atoms with Crippen LogP contribution in [0.25, 0.3) is 22.0 Å². The maximum absolute atomic E-state index is 11.5. The van der Waals surface area contributed by atoms with Crippen LogP contribution in [-0.2, 0) is 0 Å². The number of carboxylic acids is 1. The Morgan fingerprint density at radius 1 is 1.00 bits per heavy atom. The average Bonchev–Trinajstić information content (AvgIpc) is 2.90. The minimum Gasteiger partial charge on any atom is -0.478 e. The first-order chi connectivity index (χ1) is 8.77. The van der Waals surface area contributed by atoms with Crippen LogP contribution >= 0.6 is 0 Å². The molecule has 3 heteroatoms. The highest BCUT2D eigenvalue weighted by Crippen LogP contribution is 2.29. The van der Waals surface area contributed by atoms with Gasteiger partial charge in [-0.2, -0.15) is 0 Å². The molecule has 0 unspecified atom stereocenters. The Hall–Kier alpha value is -2.55. The predicted octanol–water partition coefficient (Wildman–Crippen LogP) is 3.53. The lowest BCUT2D eigenvalue weighted by Gasteiger charge is -2.08. The molecule has 88 valence electrons. The minimum atomic E-state index is -0.906. The van der Waals surface area contributed by atoms with Gasteiger partial charge in [0.2, 0.25) is 0 Å². The van der Waals surface area contributed by atoms with E-state index in [4.69, 9.17) is 0 Å². The number of carboxylic acid groups (broad SMARTS) is 1. The first-order valence-corrected chi connectivity index (χ1v) is 5.66. The van der Waals surface area contributed by atoms with Gasteiger partial charge < -0.3 is 10.1 Å². The van der Waals surface area contributed by atoms with E-state index in [2.05, 4.69) is 4.98 Å². The Bertz CT molecular complexity index is 714. The van der Waals surface area contributed by atoms with Crippen molar-refractivity contribution in [3.05, 3.63) is 60.3 Å². The number of rotatable bonds is 2. The van der Waals surface area contributed by atoms with Gasteiger partial charge in [-0.3, -0.25) is 0 Å². The molecule has 2 N–H and O–H groups in total. The van der Waals surface area contributed by atoms with E-state index >= 15 is 0 Å². The lowest BCUT2D eigenvalue weighted by atomic mass is 9.97. The smallest absolute Gasteiger partial charge is 0.337 e. The highest BCUT2D eigenvalue weighted by molar-refractivity contribution is 6.09. The molecule has 0 aliphatic heterocycles. The van der Waals surface area contributed by atoms with Gasteiger partial charge in [-0.25, -0.2) is 4.79 Å². The largest absolute Gasteiger partial charge is 0.478 e. The Morgan fingerprint density at radius 3 is 2.56 bits per heavy atom.